The average Bonchev–Trinajstić information content (AvgIpc) is 3.10. The minimum Gasteiger partial charge on any atom is -0.497 e. The van der Waals surface area contributed by atoms with Crippen LogP contribution in [0.4, 0.5) is 0 Å². The molecule has 3 aromatic carbocycles. The standard InChI is InChI=1S/C25H20ClN3O3/c1-27-21-13-12-18(32-2)14-19(21)22-23(27)24(30)29(17-9-4-3-5-10-17)25(31)28(22)15-16-8-6-7-11-20(16)26/h3-14H,15H2,1-2H3. The largest absolute Gasteiger partial charge is 0.497 e. The lowest BCUT2D eigenvalue weighted by Gasteiger charge is -2.14. The van der Waals surface area contributed by atoms with Crippen molar-refractivity contribution in [3.63, 3.8) is 0 Å². The summed E-state index contributed by atoms with van der Waals surface area (Å²) in [6.45, 7) is 0.221. The molecule has 0 aliphatic carbocycles. The molecule has 7 heteroatoms. The van der Waals surface area contributed by atoms with Gasteiger partial charge < -0.3 is 9.30 Å². The van der Waals surface area contributed by atoms with Crippen LogP contribution in [0.25, 0.3) is 27.6 Å². The summed E-state index contributed by atoms with van der Waals surface area (Å²) in [7, 11) is 3.42. The molecule has 2 heterocycles. The second-order valence-corrected chi connectivity index (χ2v) is 7.98. The maximum Gasteiger partial charge on any atom is 0.336 e. The Kier molecular flexibility index (Phi) is 4.87. The Morgan fingerprint density at radius 2 is 1.62 bits per heavy atom. The minimum atomic E-state index is -0.427. The van der Waals surface area contributed by atoms with Crippen LogP contribution in [-0.4, -0.2) is 20.8 Å². The van der Waals surface area contributed by atoms with Crippen LogP contribution in [0, 0.1) is 0 Å². The van der Waals surface area contributed by atoms with Crippen molar-refractivity contribution in [2.75, 3.05) is 7.11 Å². The quantitative estimate of drug-likeness (QED) is 0.413. The van der Waals surface area contributed by atoms with E-state index in [-0.39, 0.29) is 12.1 Å². The predicted octanol–water partition coefficient (Wildman–Crippen LogP) is 4.35. The van der Waals surface area contributed by atoms with Gasteiger partial charge in [0.25, 0.3) is 5.56 Å². The minimum absolute atomic E-state index is 0.221. The topological polar surface area (TPSA) is 58.2 Å². The third kappa shape index (κ3) is 3.03. The molecule has 0 amide bonds. The smallest absolute Gasteiger partial charge is 0.336 e. The van der Waals surface area contributed by atoms with Gasteiger partial charge in [-0.1, -0.05) is 48.0 Å². The highest BCUT2D eigenvalue weighted by molar-refractivity contribution is 6.31. The molecule has 0 aliphatic heterocycles. The Morgan fingerprint density at radius 3 is 2.34 bits per heavy atom. The van der Waals surface area contributed by atoms with Gasteiger partial charge in [-0.2, -0.15) is 0 Å². The highest BCUT2D eigenvalue weighted by atomic mass is 35.5. The molecule has 0 fully saturated rings. The SMILES string of the molecule is COc1ccc2c(c1)c1c(c(=O)n(-c3ccccc3)c(=O)n1Cc1ccccc1Cl)n2C. The predicted molar refractivity (Wildman–Crippen MR) is 127 cm³/mol. The fourth-order valence-corrected chi connectivity index (χ4v) is 4.40. The van der Waals surface area contributed by atoms with E-state index in [9.17, 15) is 9.59 Å². The number of aryl methyl sites for hydroxylation is 1. The third-order valence-corrected chi connectivity index (χ3v) is 6.15. The molecule has 5 rings (SSSR count). The van der Waals surface area contributed by atoms with Gasteiger partial charge in [-0.15, -0.1) is 0 Å². The number of para-hydroxylation sites is 1. The second kappa shape index (κ2) is 7.73. The van der Waals surface area contributed by atoms with Crippen molar-refractivity contribution in [1.29, 1.82) is 0 Å². The van der Waals surface area contributed by atoms with E-state index in [0.717, 1.165) is 16.5 Å². The maximum atomic E-state index is 13.8. The summed E-state index contributed by atoms with van der Waals surface area (Å²) in [5.74, 6) is 0.647. The number of hydrogen-bond acceptors (Lipinski definition) is 3. The van der Waals surface area contributed by atoms with Gasteiger partial charge in [-0.3, -0.25) is 9.36 Å². The maximum absolute atomic E-state index is 13.8. The molecule has 0 spiro atoms. The third-order valence-electron chi connectivity index (χ3n) is 5.78. The summed E-state index contributed by atoms with van der Waals surface area (Å²) >= 11 is 6.43. The van der Waals surface area contributed by atoms with E-state index in [1.807, 2.05) is 54.1 Å². The van der Waals surface area contributed by atoms with Crippen molar-refractivity contribution in [3.8, 4) is 11.4 Å². The summed E-state index contributed by atoms with van der Waals surface area (Å²) in [5.41, 5.74) is 2.33. The molecular weight excluding hydrogens is 426 g/mol. The summed E-state index contributed by atoms with van der Waals surface area (Å²) in [5, 5.41) is 1.33. The van der Waals surface area contributed by atoms with Gasteiger partial charge >= 0.3 is 5.69 Å². The lowest BCUT2D eigenvalue weighted by Crippen LogP contribution is -2.39. The van der Waals surface area contributed by atoms with E-state index in [0.29, 0.717) is 27.5 Å². The van der Waals surface area contributed by atoms with Gasteiger partial charge in [0, 0.05) is 17.5 Å². The Morgan fingerprint density at radius 1 is 0.906 bits per heavy atom. The molecule has 2 aromatic heterocycles. The molecule has 6 nitrogen and oxygen atoms in total. The monoisotopic (exact) mass is 445 g/mol. The second-order valence-electron chi connectivity index (χ2n) is 7.58. The van der Waals surface area contributed by atoms with E-state index in [1.165, 1.54) is 4.57 Å². The Bertz CT molecular complexity index is 1600. The number of fused-ring (bicyclic) bond motifs is 3. The fourth-order valence-electron chi connectivity index (χ4n) is 4.21. The average molecular weight is 446 g/mol. The Balaban J connectivity index is 1.96. The van der Waals surface area contributed by atoms with Crippen LogP contribution in [0.15, 0.2) is 82.4 Å². The van der Waals surface area contributed by atoms with E-state index < -0.39 is 5.69 Å². The van der Waals surface area contributed by atoms with Crippen LogP contribution in [0.2, 0.25) is 5.02 Å². The van der Waals surface area contributed by atoms with Gasteiger partial charge in [0.2, 0.25) is 0 Å². The molecular formula is C25H20ClN3O3. The summed E-state index contributed by atoms with van der Waals surface area (Å²) < 4.78 is 10.1. The van der Waals surface area contributed by atoms with Crippen molar-refractivity contribution in [3.05, 3.63) is 104 Å². The van der Waals surface area contributed by atoms with Crippen LogP contribution in [0.3, 0.4) is 0 Å². The lowest BCUT2D eigenvalue weighted by atomic mass is 10.2. The number of hydrogen-bond donors (Lipinski definition) is 0. The first-order chi connectivity index (χ1) is 15.5. The first-order valence-corrected chi connectivity index (χ1v) is 10.5. The van der Waals surface area contributed by atoms with E-state index >= 15 is 0 Å². The van der Waals surface area contributed by atoms with Crippen molar-refractivity contribution in [2.45, 2.75) is 6.54 Å². The zero-order chi connectivity index (χ0) is 22.4. The highest BCUT2D eigenvalue weighted by Crippen LogP contribution is 2.30. The van der Waals surface area contributed by atoms with Crippen LogP contribution in [-0.2, 0) is 13.6 Å². The zero-order valence-corrected chi connectivity index (χ0v) is 18.3. The summed E-state index contributed by atoms with van der Waals surface area (Å²) in [6, 6.07) is 21.9. The molecule has 0 radical (unpaired) electrons. The molecule has 0 bridgehead atoms. The normalized spacial score (nSPS) is 11.3. The van der Waals surface area contributed by atoms with Crippen LogP contribution >= 0.6 is 11.6 Å². The molecule has 0 saturated carbocycles. The number of nitrogens with zero attached hydrogens (tertiary/aromatic N) is 3. The van der Waals surface area contributed by atoms with Gasteiger partial charge in [-0.05, 0) is 42.0 Å². The lowest BCUT2D eigenvalue weighted by molar-refractivity contribution is 0.415. The highest BCUT2D eigenvalue weighted by Gasteiger charge is 2.22. The molecule has 32 heavy (non-hydrogen) atoms. The molecule has 0 atom stereocenters. The zero-order valence-electron chi connectivity index (χ0n) is 17.6. The molecule has 5 aromatic rings. The first kappa shape index (κ1) is 20.2. The van der Waals surface area contributed by atoms with Gasteiger partial charge in [0.15, 0.2) is 0 Å². The van der Waals surface area contributed by atoms with Crippen LogP contribution in [0.1, 0.15) is 5.56 Å². The van der Waals surface area contributed by atoms with Crippen molar-refractivity contribution >= 4 is 33.5 Å². The van der Waals surface area contributed by atoms with Crippen molar-refractivity contribution in [1.82, 2.24) is 13.7 Å². The van der Waals surface area contributed by atoms with Crippen molar-refractivity contribution < 1.29 is 4.74 Å². The molecule has 160 valence electrons. The number of halogens is 1. The molecule has 0 unspecified atom stereocenters. The van der Waals surface area contributed by atoms with E-state index in [1.54, 1.807) is 42.0 Å². The summed E-state index contributed by atoms with van der Waals surface area (Å²) in [4.78, 5) is 27.4. The first-order valence-electron chi connectivity index (χ1n) is 10.1. The number of rotatable bonds is 4. The molecule has 0 N–H and O–H groups in total. The van der Waals surface area contributed by atoms with E-state index in [4.69, 9.17) is 16.3 Å². The fraction of sp³-hybridized carbons (Fsp3) is 0.120. The van der Waals surface area contributed by atoms with Crippen LogP contribution in [0.5, 0.6) is 5.75 Å². The van der Waals surface area contributed by atoms with Gasteiger partial charge in [0.05, 0.1) is 30.4 Å². The Labute approximate surface area is 188 Å². The van der Waals surface area contributed by atoms with Crippen molar-refractivity contribution in [2.24, 2.45) is 7.05 Å². The number of ether oxygens (including phenoxy) is 1. The molecule has 0 aliphatic rings. The van der Waals surface area contributed by atoms with Gasteiger partial charge in [-0.25, -0.2) is 9.36 Å². The Hall–Kier alpha value is -3.77. The number of aromatic nitrogens is 3. The van der Waals surface area contributed by atoms with Crippen LogP contribution < -0.4 is 16.0 Å². The summed E-state index contributed by atoms with van der Waals surface area (Å²) in [6.07, 6.45) is 0. The van der Waals surface area contributed by atoms with E-state index in [2.05, 4.69) is 0 Å². The number of benzene rings is 3. The molecule has 0 saturated heterocycles. The van der Waals surface area contributed by atoms with Gasteiger partial charge in [0.1, 0.15) is 11.3 Å². The number of methoxy groups -OCH3 is 1.